The SMILES string of the molecule is c1ccc(-c2ccc(-c3c4ccccc4c(-c4cccc5cc(-c6cccnc6)ccc45)c4ccccc34)cc2)nc1. The van der Waals surface area contributed by atoms with Crippen LogP contribution in [-0.4, -0.2) is 9.97 Å². The molecule has 2 nitrogen and oxygen atoms in total. The molecule has 0 saturated carbocycles. The third kappa shape index (κ3) is 4.05. The van der Waals surface area contributed by atoms with Crippen LogP contribution in [0.15, 0.2) is 158 Å². The first-order valence-corrected chi connectivity index (χ1v) is 14.2. The number of hydrogen-bond acceptors (Lipinski definition) is 2. The Labute approximate surface area is 244 Å². The highest BCUT2D eigenvalue weighted by Crippen LogP contribution is 2.45. The van der Waals surface area contributed by atoms with Gasteiger partial charge in [0.15, 0.2) is 0 Å². The highest BCUT2D eigenvalue weighted by Gasteiger charge is 2.18. The Kier molecular flexibility index (Phi) is 5.82. The summed E-state index contributed by atoms with van der Waals surface area (Å²) in [6.45, 7) is 0. The lowest BCUT2D eigenvalue weighted by Crippen LogP contribution is -1.92. The van der Waals surface area contributed by atoms with Gasteiger partial charge in [-0.3, -0.25) is 9.97 Å². The summed E-state index contributed by atoms with van der Waals surface area (Å²) in [5, 5.41) is 7.47. The molecule has 42 heavy (non-hydrogen) atoms. The van der Waals surface area contributed by atoms with Crippen molar-refractivity contribution in [3.63, 3.8) is 0 Å². The molecule has 0 aliphatic rings. The molecule has 0 aliphatic heterocycles. The molecule has 2 heteroatoms. The van der Waals surface area contributed by atoms with Crippen molar-refractivity contribution in [1.29, 1.82) is 0 Å². The lowest BCUT2D eigenvalue weighted by molar-refractivity contribution is 1.33. The molecule has 6 aromatic carbocycles. The van der Waals surface area contributed by atoms with E-state index in [2.05, 4.69) is 131 Å². The summed E-state index contributed by atoms with van der Waals surface area (Å²) in [7, 11) is 0. The quantitative estimate of drug-likeness (QED) is 0.210. The van der Waals surface area contributed by atoms with Gasteiger partial charge in [0.2, 0.25) is 0 Å². The fourth-order valence-electron chi connectivity index (χ4n) is 6.29. The van der Waals surface area contributed by atoms with Gasteiger partial charge in [-0.1, -0.05) is 115 Å². The largest absolute Gasteiger partial charge is 0.264 e. The predicted octanol–water partition coefficient (Wildman–Crippen LogP) is 10.6. The van der Waals surface area contributed by atoms with E-state index in [-0.39, 0.29) is 0 Å². The second kappa shape index (κ2) is 10.1. The molecule has 0 unspecified atom stereocenters. The molecule has 0 spiro atoms. The van der Waals surface area contributed by atoms with E-state index >= 15 is 0 Å². The van der Waals surface area contributed by atoms with Gasteiger partial charge in [-0.05, 0) is 84.4 Å². The Hall–Kier alpha value is -5.60. The van der Waals surface area contributed by atoms with Gasteiger partial charge in [0.05, 0.1) is 5.69 Å². The molecular weight excluding hydrogens is 508 g/mol. The number of benzene rings is 6. The van der Waals surface area contributed by atoms with Crippen LogP contribution >= 0.6 is 0 Å². The molecule has 2 aromatic heterocycles. The van der Waals surface area contributed by atoms with Gasteiger partial charge in [-0.15, -0.1) is 0 Å². The van der Waals surface area contributed by atoms with Crippen LogP contribution in [0.1, 0.15) is 0 Å². The maximum atomic E-state index is 4.54. The van der Waals surface area contributed by atoms with Gasteiger partial charge < -0.3 is 0 Å². The average molecular weight is 535 g/mol. The fraction of sp³-hybridized carbons (Fsp3) is 0. The fourth-order valence-corrected chi connectivity index (χ4v) is 6.29. The van der Waals surface area contributed by atoms with E-state index in [1.165, 1.54) is 60.1 Å². The van der Waals surface area contributed by atoms with Crippen LogP contribution in [0.5, 0.6) is 0 Å². The summed E-state index contributed by atoms with van der Waals surface area (Å²) < 4.78 is 0. The Balaban J connectivity index is 1.37. The minimum atomic E-state index is 0.983. The van der Waals surface area contributed by atoms with Crippen molar-refractivity contribution in [2.45, 2.75) is 0 Å². The molecule has 8 aromatic rings. The molecule has 0 bridgehead atoms. The third-order valence-electron chi connectivity index (χ3n) is 8.21. The summed E-state index contributed by atoms with van der Waals surface area (Å²) in [4.78, 5) is 8.87. The van der Waals surface area contributed by atoms with Crippen LogP contribution < -0.4 is 0 Å². The van der Waals surface area contributed by atoms with E-state index in [9.17, 15) is 0 Å². The Morgan fingerprint density at radius 1 is 0.381 bits per heavy atom. The van der Waals surface area contributed by atoms with E-state index in [0.29, 0.717) is 0 Å². The van der Waals surface area contributed by atoms with Crippen molar-refractivity contribution in [2.75, 3.05) is 0 Å². The van der Waals surface area contributed by atoms with Crippen LogP contribution in [0.25, 0.3) is 77.0 Å². The molecule has 0 fully saturated rings. The third-order valence-corrected chi connectivity index (χ3v) is 8.21. The number of nitrogens with zero attached hydrogens (tertiary/aromatic N) is 2. The van der Waals surface area contributed by atoms with E-state index < -0.39 is 0 Å². The second-order valence-corrected chi connectivity index (χ2v) is 10.6. The van der Waals surface area contributed by atoms with E-state index in [1.807, 2.05) is 36.8 Å². The van der Waals surface area contributed by atoms with Gasteiger partial charge in [0.1, 0.15) is 0 Å². The van der Waals surface area contributed by atoms with Gasteiger partial charge in [0.25, 0.3) is 0 Å². The summed E-state index contributed by atoms with van der Waals surface area (Å²) >= 11 is 0. The second-order valence-electron chi connectivity index (χ2n) is 10.6. The first kappa shape index (κ1) is 24.2. The van der Waals surface area contributed by atoms with Crippen molar-refractivity contribution >= 4 is 32.3 Å². The molecule has 0 atom stereocenters. The minimum absolute atomic E-state index is 0.983. The normalized spacial score (nSPS) is 11.3. The zero-order valence-corrected chi connectivity index (χ0v) is 22.9. The molecule has 0 aliphatic carbocycles. The summed E-state index contributed by atoms with van der Waals surface area (Å²) in [5.74, 6) is 0. The van der Waals surface area contributed by atoms with Crippen molar-refractivity contribution in [3.05, 3.63) is 158 Å². The van der Waals surface area contributed by atoms with Crippen molar-refractivity contribution < 1.29 is 0 Å². The number of aromatic nitrogens is 2. The molecule has 0 saturated heterocycles. The number of rotatable bonds is 4. The Morgan fingerprint density at radius 2 is 1.05 bits per heavy atom. The molecule has 8 rings (SSSR count). The van der Waals surface area contributed by atoms with E-state index in [4.69, 9.17) is 0 Å². The van der Waals surface area contributed by atoms with Crippen molar-refractivity contribution in [1.82, 2.24) is 9.97 Å². The lowest BCUT2D eigenvalue weighted by atomic mass is 9.84. The average Bonchev–Trinajstić information content (AvgIpc) is 3.07. The monoisotopic (exact) mass is 534 g/mol. The molecule has 0 radical (unpaired) electrons. The van der Waals surface area contributed by atoms with Gasteiger partial charge in [-0.2, -0.15) is 0 Å². The Morgan fingerprint density at radius 3 is 1.71 bits per heavy atom. The molecule has 0 N–H and O–H groups in total. The lowest BCUT2D eigenvalue weighted by Gasteiger charge is -2.19. The molecule has 0 amide bonds. The molecule has 196 valence electrons. The zero-order chi connectivity index (χ0) is 27.9. The van der Waals surface area contributed by atoms with E-state index in [1.54, 1.807) is 0 Å². The maximum absolute atomic E-state index is 4.54. The predicted molar refractivity (Wildman–Crippen MR) is 176 cm³/mol. The van der Waals surface area contributed by atoms with Gasteiger partial charge in [0, 0.05) is 29.7 Å². The van der Waals surface area contributed by atoms with Crippen molar-refractivity contribution in [3.8, 4) is 44.6 Å². The van der Waals surface area contributed by atoms with Crippen molar-refractivity contribution in [2.24, 2.45) is 0 Å². The topological polar surface area (TPSA) is 25.8 Å². The summed E-state index contributed by atoms with van der Waals surface area (Å²) in [6, 6.07) is 50.0. The summed E-state index contributed by atoms with van der Waals surface area (Å²) in [6.07, 6.45) is 5.58. The van der Waals surface area contributed by atoms with Crippen LogP contribution in [0.3, 0.4) is 0 Å². The standard InChI is InChI=1S/C40H26N2/c1-3-13-36-34(11-1)39(28-19-17-27(18-20-28)38-16-5-6-24-42-38)35-12-2-4-14-37(35)40(36)33-15-7-9-30-25-29(21-22-32(30)33)31-10-8-23-41-26-31/h1-26H. The van der Waals surface area contributed by atoms with E-state index in [0.717, 1.165) is 16.8 Å². The maximum Gasteiger partial charge on any atom is 0.0701 e. The highest BCUT2D eigenvalue weighted by molar-refractivity contribution is 6.23. The molecule has 2 heterocycles. The smallest absolute Gasteiger partial charge is 0.0701 e. The summed E-state index contributed by atoms with van der Waals surface area (Å²) in [5.41, 5.74) is 9.38. The first-order valence-electron chi connectivity index (χ1n) is 14.2. The number of pyridine rings is 2. The minimum Gasteiger partial charge on any atom is -0.264 e. The van der Waals surface area contributed by atoms with Gasteiger partial charge >= 0.3 is 0 Å². The zero-order valence-electron chi connectivity index (χ0n) is 22.9. The number of fused-ring (bicyclic) bond motifs is 3. The van der Waals surface area contributed by atoms with Crippen LogP contribution in [0.2, 0.25) is 0 Å². The van der Waals surface area contributed by atoms with Crippen LogP contribution in [0.4, 0.5) is 0 Å². The Bertz CT molecular complexity index is 2160. The highest BCUT2D eigenvalue weighted by atomic mass is 14.7. The number of hydrogen-bond donors (Lipinski definition) is 0. The first-order chi connectivity index (χ1) is 20.8. The van der Waals surface area contributed by atoms with Gasteiger partial charge in [-0.25, -0.2) is 0 Å². The molecular formula is C40H26N2. The van der Waals surface area contributed by atoms with Crippen LogP contribution in [0, 0.1) is 0 Å². The van der Waals surface area contributed by atoms with Crippen LogP contribution in [-0.2, 0) is 0 Å².